The maximum Gasteiger partial charge on any atom is 0.414 e. The van der Waals surface area contributed by atoms with E-state index in [9.17, 15) is 18.0 Å². The van der Waals surface area contributed by atoms with E-state index in [1.165, 1.54) is 42.3 Å². The van der Waals surface area contributed by atoms with Gasteiger partial charge in [-0.1, -0.05) is 12.1 Å². The number of nitrogens with one attached hydrogen (secondary N) is 1. The van der Waals surface area contributed by atoms with Gasteiger partial charge in [-0.05, 0) is 36.4 Å². The number of sulfonamides is 1. The lowest BCUT2D eigenvalue weighted by molar-refractivity contribution is 0.0600. The van der Waals surface area contributed by atoms with E-state index in [1.54, 1.807) is 18.2 Å². The van der Waals surface area contributed by atoms with Crippen molar-refractivity contribution in [1.29, 1.82) is 0 Å². The van der Waals surface area contributed by atoms with Crippen LogP contribution in [0.25, 0.3) is 0 Å². The van der Waals surface area contributed by atoms with Crippen molar-refractivity contribution in [3.05, 3.63) is 54.1 Å². The van der Waals surface area contributed by atoms with E-state index >= 15 is 0 Å². The molecule has 1 fully saturated rings. The van der Waals surface area contributed by atoms with Gasteiger partial charge in [0.2, 0.25) is 0 Å². The molecule has 1 saturated heterocycles. The molecule has 1 aliphatic heterocycles. The van der Waals surface area contributed by atoms with Crippen molar-refractivity contribution < 1.29 is 27.5 Å². The van der Waals surface area contributed by atoms with Crippen LogP contribution in [0.3, 0.4) is 0 Å². The Labute approximate surface area is 150 Å². The lowest BCUT2D eigenvalue weighted by Crippen LogP contribution is -2.23. The molecule has 0 saturated carbocycles. The van der Waals surface area contributed by atoms with Gasteiger partial charge in [0.1, 0.15) is 6.61 Å². The van der Waals surface area contributed by atoms with Crippen LogP contribution >= 0.6 is 0 Å². The van der Waals surface area contributed by atoms with Gasteiger partial charge in [-0.25, -0.2) is 18.0 Å². The van der Waals surface area contributed by atoms with E-state index in [4.69, 9.17) is 4.74 Å². The van der Waals surface area contributed by atoms with Crippen molar-refractivity contribution in [2.45, 2.75) is 4.90 Å². The highest BCUT2D eigenvalue weighted by atomic mass is 32.2. The highest BCUT2D eigenvalue weighted by molar-refractivity contribution is 7.92. The summed E-state index contributed by atoms with van der Waals surface area (Å²) in [5, 5.41) is 0. The summed E-state index contributed by atoms with van der Waals surface area (Å²) in [5.41, 5.74) is 0.936. The van der Waals surface area contributed by atoms with E-state index in [-0.39, 0.29) is 22.8 Å². The molecule has 2 aromatic rings. The zero-order valence-electron chi connectivity index (χ0n) is 13.8. The molecule has 1 N–H and O–H groups in total. The molecule has 8 nitrogen and oxygen atoms in total. The smallest absolute Gasteiger partial charge is 0.414 e. The van der Waals surface area contributed by atoms with Crippen LogP contribution in [-0.4, -0.2) is 40.7 Å². The van der Waals surface area contributed by atoms with Crippen molar-refractivity contribution >= 4 is 33.5 Å². The summed E-state index contributed by atoms with van der Waals surface area (Å²) >= 11 is 0. The molecular formula is C17H16N2O6S. The Bertz CT molecular complexity index is 957. The van der Waals surface area contributed by atoms with Gasteiger partial charge in [-0.3, -0.25) is 9.62 Å². The van der Waals surface area contributed by atoms with Gasteiger partial charge in [0.05, 0.1) is 29.8 Å². The first-order valence-electron chi connectivity index (χ1n) is 7.66. The number of esters is 1. The summed E-state index contributed by atoms with van der Waals surface area (Å²) < 4.78 is 37.1. The highest BCUT2D eigenvalue weighted by Gasteiger charge is 2.24. The van der Waals surface area contributed by atoms with Gasteiger partial charge in [0.25, 0.3) is 10.0 Å². The maximum atomic E-state index is 12.6. The van der Waals surface area contributed by atoms with E-state index in [0.29, 0.717) is 12.2 Å². The number of benzene rings is 2. The highest BCUT2D eigenvalue weighted by Crippen LogP contribution is 2.24. The largest absolute Gasteiger partial charge is 0.465 e. The first-order valence-corrected chi connectivity index (χ1v) is 9.14. The molecule has 3 rings (SSSR count). The number of rotatable bonds is 5. The summed E-state index contributed by atoms with van der Waals surface area (Å²) in [4.78, 5) is 24.6. The number of cyclic esters (lactones) is 1. The van der Waals surface area contributed by atoms with Crippen molar-refractivity contribution in [3.8, 4) is 0 Å². The lowest BCUT2D eigenvalue weighted by Gasteiger charge is -2.15. The van der Waals surface area contributed by atoms with E-state index in [1.807, 2.05) is 0 Å². The number of carbonyl (C=O) groups is 2. The molecule has 1 amide bonds. The Kier molecular flexibility index (Phi) is 4.81. The fraction of sp³-hybridized carbons (Fsp3) is 0.176. The van der Waals surface area contributed by atoms with Crippen LogP contribution in [0.4, 0.5) is 16.2 Å². The fourth-order valence-electron chi connectivity index (χ4n) is 2.49. The predicted molar refractivity (Wildman–Crippen MR) is 93.7 cm³/mol. The zero-order chi connectivity index (χ0) is 18.7. The maximum absolute atomic E-state index is 12.6. The molecule has 1 heterocycles. The van der Waals surface area contributed by atoms with Gasteiger partial charge in [-0.15, -0.1) is 0 Å². The van der Waals surface area contributed by atoms with Crippen LogP contribution in [0, 0.1) is 0 Å². The summed E-state index contributed by atoms with van der Waals surface area (Å²) in [6, 6.07) is 11.9. The second kappa shape index (κ2) is 7.04. The molecule has 0 atom stereocenters. The average molecular weight is 376 g/mol. The molecule has 0 spiro atoms. The van der Waals surface area contributed by atoms with Crippen LogP contribution in [0.5, 0.6) is 0 Å². The monoisotopic (exact) mass is 376 g/mol. The topological polar surface area (TPSA) is 102 Å². The van der Waals surface area contributed by atoms with Crippen LogP contribution < -0.4 is 9.62 Å². The molecular weight excluding hydrogens is 360 g/mol. The van der Waals surface area contributed by atoms with Crippen molar-refractivity contribution in [1.82, 2.24) is 0 Å². The Morgan fingerprint density at radius 1 is 1.19 bits per heavy atom. The standard InChI is InChI=1S/C17H16N2O6S/c1-24-16(20)12-4-2-7-15(10-12)26(22,23)18-13-5-3-6-14(11-13)19-8-9-25-17(19)21/h2-7,10-11,18H,8-9H2,1H3. The van der Waals surface area contributed by atoms with Crippen LogP contribution in [-0.2, 0) is 19.5 Å². The summed E-state index contributed by atoms with van der Waals surface area (Å²) in [6.07, 6.45) is -0.476. The number of carbonyl (C=O) groups excluding carboxylic acids is 2. The Morgan fingerprint density at radius 2 is 1.96 bits per heavy atom. The number of nitrogens with zero attached hydrogens (tertiary/aromatic N) is 1. The Morgan fingerprint density at radius 3 is 2.65 bits per heavy atom. The molecule has 136 valence electrons. The molecule has 0 radical (unpaired) electrons. The van der Waals surface area contributed by atoms with E-state index in [0.717, 1.165) is 0 Å². The van der Waals surface area contributed by atoms with Crippen molar-refractivity contribution in [2.24, 2.45) is 0 Å². The first-order chi connectivity index (χ1) is 12.4. The Balaban J connectivity index is 1.86. The minimum atomic E-state index is -3.92. The minimum Gasteiger partial charge on any atom is -0.465 e. The summed E-state index contributed by atoms with van der Waals surface area (Å²) in [5.74, 6) is -0.628. The van der Waals surface area contributed by atoms with Crippen LogP contribution in [0.2, 0.25) is 0 Å². The third kappa shape index (κ3) is 3.62. The third-order valence-electron chi connectivity index (χ3n) is 3.74. The second-order valence-electron chi connectivity index (χ2n) is 5.44. The number of methoxy groups -OCH3 is 1. The van der Waals surface area contributed by atoms with Crippen molar-refractivity contribution in [2.75, 3.05) is 29.9 Å². The second-order valence-corrected chi connectivity index (χ2v) is 7.12. The van der Waals surface area contributed by atoms with Gasteiger partial charge < -0.3 is 9.47 Å². The molecule has 0 unspecified atom stereocenters. The van der Waals surface area contributed by atoms with Crippen molar-refractivity contribution in [3.63, 3.8) is 0 Å². The number of anilines is 2. The number of hydrogen-bond acceptors (Lipinski definition) is 6. The Hall–Kier alpha value is -3.07. The minimum absolute atomic E-state index is 0.0774. The van der Waals surface area contributed by atoms with Crippen LogP contribution in [0.15, 0.2) is 53.4 Å². The van der Waals surface area contributed by atoms with E-state index in [2.05, 4.69) is 9.46 Å². The lowest BCUT2D eigenvalue weighted by atomic mass is 10.2. The fourth-order valence-corrected chi connectivity index (χ4v) is 3.58. The molecule has 9 heteroatoms. The third-order valence-corrected chi connectivity index (χ3v) is 5.12. The number of hydrogen-bond donors (Lipinski definition) is 1. The first kappa shape index (κ1) is 17.7. The predicted octanol–water partition coefficient (Wildman–Crippen LogP) is 2.23. The van der Waals surface area contributed by atoms with Crippen LogP contribution in [0.1, 0.15) is 10.4 Å². The quantitative estimate of drug-likeness (QED) is 0.803. The molecule has 0 aliphatic carbocycles. The average Bonchev–Trinajstić information content (AvgIpc) is 3.07. The molecule has 26 heavy (non-hydrogen) atoms. The van der Waals surface area contributed by atoms with E-state index < -0.39 is 22.1 Å². The molecule has 0 bridgehead atoms. The SMILES string of the molecule is COC(=O)c1cccc(S(=O)(=O)Nc2cccc(N3CCOC3=O)c2)c1. The van der Waals surface area contributed by atoms with Gasteiger partial charge >= 0.3 is 12.1 Å². The molecule has 1 aliphatic rings. The number of ether oxygens (including phenoxy) is 2. The summed E-state index contributed by atoms with van der Waals surface area (Å²) in [6.45, 7) is 0.686. The normalized spacial score (nSPS) is 14.0. The van der Waals surface area contributed by atoms with Gasteiger partial charge in [-0.2, -0.15) is 0 Å². The molecule has 0 aromatic heterocycles. The number of amides is 1. The zero-order valence-corrected chi connectivity index (χ0v) is 14.7. The summed E-state index contributed by atoms with van der Waals surface area (Å²) in [7, 11) is -2.70. The molecule has 2 aromatic carbocycles. The van der Waals surface area contributed by atoms with Gasteiger partial charge in [0.15, 0.2) is 0 Å². The van der Waals surface area contributed by atoms with Gasteiger partial charge in [0, 0.05) is 5.69 Å².